The molecule has 0 saturated heterocycles. The molecule has 0 spiro atoms. The standard InChI is InChI=1S/C14H25N3O2S/c1-4-8-16-11-14(9-13(16)10-15-3)20(18,19)17(5-2)12-6-7-12/h9,11-12,15H,4-8,10H2,1-3H3. The maximum absolute atomic E-state index is 12.7. The zero-order valence-electron chi connectivity index (χ0n) is 12.6. The summed E-state index contributed by atoms with van der Waals surface area (Å²) in [5.74, 6) is 0. The zero-order valence-corrected chi connectivity index (χ0v) is 13.4. The lowest BCUT2D eigenvalue weighted by Crippen LogP contribution is -2.32. The Balaban J connectivity index is 2.33. The number of aryl methyl sites for hydroxylation is 1. The topological polar surface area (TPSA) is 54.3 Å². The quantitative estimate of drug-likeness (QED) is 0.796. The van der Waals surface area contributed by atoms with Gasteiger partial charge >= 0.3 is 0 Å². The number of sulfonamides is 1. The van der Waals surface area contributed by atoms with Gasteiger partial charge in [-0.3, -0.25) is 0 Å². The average molecular weight is 299 g/mol. The number of hydrogen-bond acceptors (Lipinski definition) is 3. The predicted molar refractivity (Wildman–Crippen MR) is 80.1 cm³/mol. The number of hydrogen-bond donors (Lipinski definition) is 1. The lowest BCUT2D eigenvalue weighted by molar-refractivity contribution is 0.421. The van der Waals surface area contributed by atoms with Crippen LogP contribution in [0, 0.1) is 0 Å². The van der Waals surface area contributed by atoms with E-state index in [0.717, 1.165) is 31.5 Å². The van der Waals surface area contributed by atoms with Crippen LogP contribution in [0.5, 0.6) is 0 Å². The summed E-state index contributed by atoms with van der Waals surface area (Å²) < 4.78 is 29.1. The van der Waals surface area contributed by atoms with Crippen LogP contribution in [0.4, 0.5) is 0 Å². The number of rotatable bonds is 8. The third-order valence-corrected chi connectivity index (χ3v) is 5.65. The van der Waals surface area contributed by atoms with E-state index in [0.29, 0.717) is 18.0 Å². The van der Waals surface area contributed by atoms with Crippen molar-refractivity contribution >= 4 is 10.0 Å². The van der Waals surface area contributed by atoms with E-state index in [1.165, 1.54) is 0 Å². The number of aromatic nitrogens is 1. The Morgan fingerprint density at radius 1 is 1.40 bits per heavy atom. The predicted octanol–water partition coefficient (Wildman–Crippen LogP) is 1.79. The third-order valence-electron chi connectivity index (χ3n) is 3.66. The normalized spacial score (nSPS) is 16.0. The Morgan fingerprint density at radius 3 is 2.60 bits per heavy atom. The van der Waals surface area contributed by atoms with Crippen LogP contribution < -0.4 is 5.32 Å². The van der Waals surface area contributed by atoms with E-state index in [2.05, 4.69) is 12.2 Å². The van der Waals surface area contributed by atoms with Crippen molar-refractivity contribution in [1.29, 1.82) is 0 Å². The second-order valence-corrected chi connectivity index (χ2v) is 7.22. The summed E-state index contributed by atoms with van der Waals surface area (Å²) in [5.41, 5.74) is 1.03. The summed E-state index contributed by atoms with van der Waals surface area (Å²) in [6.07, 6.45) is 4.76. The van der Waals surface area contributed by atoms with E-state index in [-0.39, 0.29) is 6.04 Å². The molecule has 0 atom stereocenters. The van der Waals surface area contributed by atoms with Crippen LogP contribution in [0.2, 0.25) is 0 Å². The van der Waals surface area contributed by atoms with Crippen LogP contribution in [0.15, 0.2) is 17.2 Å². The van der Waals surface area contributed by atoms with Crippen LogP contribution in [0.25, 0.3) is 0 Å². The van der Waals surface area contributed by atoms with Crippen molar-refractivity contribution in [1.82, 2.24) is 14.2 Å². The first-order chi connectivity index (χ1) is 9.54. The number of nitrogens with zero attached hydrogens (tertiary/aromatic N) is 2. The fourth-order valence-corrected chi connectivity index (χ4v) is 4.33. The van der Waals surface area contributed by atoms with Gasteiger partial charge in [0, 0.05) is 37.6 Å². The minimum absolute atomic E-state index is 0.215. The molecule has 1 aromatic heterocycles. The fourth-order valence-electron chi connectivity index (χ4n) is 2.57. The summed E-state index contributed by atoms with van der Waals surface area (Å²) in [5, 5.41) is 3.10. The van der Waals surface area contributed by atoms with E-state index >= 15 is 0 Å². The molecular formula is C14H25N3O2S. The Bertz CT molecular complexity index is 523. The largest absolute Gasteiger partial charge is 0.349 e. The Labute approximate surface area is 122 Å². The van der Waals surface area contributed by atoms with Gasteiger partial charge in [0.15, 0.2) is 0 Å². The molecule has 0 unspecified atom stereocenters. The molecule has 1 aliphatic carbocycles. The zero-order chi connectivity index (χ0) is 14.8. The Kier molecular flexibility index (Phi) is 4.88. The fraction of sp³-hybridized carbons (Fsp3) is 0.714. The maximum atomic E-state index is 12.7. The van der Waals surface area contributed by atoms with E-state index in [1.807, 2.05) is 24.6 Å². The monoisotopic (exact) mass is 299 g/mol. The second kappa shape index (κ2) is 6.28. The minimum Gasteiger partial charge on any atom is -0.349 e. The summed E-state index contributed by atoms with van der Waals surface area (Å²) in [7, 11) is -1.47. The molecular weight excluding hydrogens is 274 g/mol. The third kappa shape index (κ3) is 3.07. The van der Waals surface area contributed by atoms with Gasteiger partial charge in [0.25, 0.3) is 0 Å². The molecule has 1 N–H and O–H groups in total. The van der Waals surface area contributed by atoms with Gasteiger partial charge in [-0.05, 0) is 32.4 Å². The summed E-state index contributed by atoms with van der Waals surface area (Å²) >= 11 is 0. The molecule has 1 heterocycles. The SMILES string of the molecule is CCCn1cc(S(=O)(=O)N(CC)C2CC2)cc1CNC. The van der Waals surface area contributed by atoms with Gasteiger partial charge in [0.2, 0.25) is 10.0 Å². The molecule has 0 bridgehead atoms. The smallest absolute Gasteiger partial charge is 0.244 e. The lowest BCUT2D eigenvalue weighted by atomic mass is 10.4. The van der Waals surface area contributed by atoms with Crippen LogP contribution in [0.3, 0.4) is 0 Å². The summed E-state index contributed by atoms with van der Waals surface area (Å²) in [6.45, 7) is 6.09. The Morgan fingerprint density at radius 2 is 2.10 bits per heavy atom. The first-order valence-corrected chi connectivity index (χ1v) is 8.84. The van der Waals surface area contributed by atoms with Crippen molar-refractivity contribution in [3.63, 3.8) is 0 Å². The lowest BCUT2D eigenvalue weighted by Gasteiger charge is -2.18. The molecule has 0 aromatic carbocycles. The highest BCUT2D eigenvalue weighted by molar-refractivity contribution is 7.89. The molecule has 0 amide bonds. The molecule has 1 saturated carbocycles. The highest BCUT2D eigenvalue weighted by Crippen LogP contribution is 2.32. The van der Waals surface area contributed by atoms with E-state index < -0.39 is 10.0 Å². The first-order valence-electron chi connectivity index (χ1n) is 7.40. The van der Waals surface area contributed by atoms with Gasteiger partial charge in [-0.15, -0.1) is 0 Å². The summed E-state index contributed by atoms with van der Waals surface area (Å²) in [6, 6.07) is 2.03. The van der Waals surface area contributed by atoms with Gasteiger partial charge < -0.3 is 9.88 Å². The van der Waals surface area contributed by atoms with Crippen molar-refractivity contribution in [3.05, 3.63) is 18.0 Å². The molecule has 20 heavy (non-hydrogen) atoms. The molecule has 1 aliphatic rings. The highest BCUT2D eigenvalue weighted by Gasteiger charge is 2.37. The maximum Gasteiger partial charge on any atom is 0.244 e. The molecule has 0 radical (unpaired) electrons. The molecule has 2 rings (SSSR count). The molecule has 1 aromatic rings. The van der Waals surface area contributed by atoms with Gasteiger partial charge in [-0.25, -0.2) is 8.42 Å². The Hall–Kier alpha value is -0.850. The molecule has 0 aliphatic heterocycles. The highest BCUT2D eigenvalue weighted by atomic mass is 32.2. The molecule has 1 fully saturated rings. The van der Waals surface area contributed by atoms with E-state index in [1.54, 1.807) is 10.5 Å². The first kappa shape index (κ1) is 15.5. The van der Waals surface area contributed by atoms with Crippen LogP contribution in [-0.2, 0) is 23.1 Å². The van der Waals surface area contributed by atoms with E-state index in [4.69, 9.17) is 0 Å². The van der Waals surface area contributed by atoms with Crippen molar-refractivity contribution in [3.8, 4) is 0 Å². The molecule has 114 valence electrons. The van der Waals surface area contributed by atoms with Crippen LogP contribution in [-0.4, -0.2) is 36.9 Å². The van der Waals surface area contributed by atoms with Crippen LogP contribution >= 0.6 is 0 Å². The van der Waals surface area contributed by atoms with E-state index in [9.17, 15) is 8.42 Å². The molecule has 6 heteroatoms. The van der Waals surface area contributed by atoms with Crippen molar-refractivity contribution in [2.75, 3.05) is 13.6 Å². The average Bonchev–Trinajstić information content (AvgIpc) is 3.14. The number of nitrogens with one attached hydrogen (secondary N) is 1. The summed E-state index contributed by atoms with van der Waals surface area (Å²) in [4.78, 5) is 0.435. The minimum atomic E-state index is -3.34. The van der Waals surface area contributed by atoms with Crippen molar-refractivity contribution in [2.24, 2.45) is 0 Å². The van der Waals surface area contributed by atoms with Gasteiger partial charge in [-0.1, -0.05) is 13.8 Å². The van der Waals surface area contributed by atoms with Crippen molar-refractivity contribution in [2.45, 2.75) is 57.1 Å². The van der Waals surface area contributed by atoms with Crippen molar-refractivity contribution < 1.29 is 8.42 Å². The second-order valence-electron chi connectivity index (χ2n) is 5.33. The van der Waals surface area contributed by atoms with Gasteiger partial charge in [-0.2, -0.15) is 4.31 Å². The van der Waals surface area contributed by atoms with Gasteiger partial charge in [0.1, 0.15) is 4.90 Å². The van der Waals surface area contributed by atoms with Crippen LogP contribution in [0.1, 0.15) is 38.8 Å². The molecule has 5 nitrogen and oxygen atoms in total. The van der Waals surface area contributed by atoms with Gasteiger partial charge in [0.05, 0.1) is 0 Å².